The van der Waals surface area contributed by atoms with E-state index in [-0.39, 0.29) is 0 Å². The Bertz CT molecular complexity index is 985. The molecule has 0 radical (unpaired) electrons. The number of carboxylic acids is 3. The second-order valence-electron chi connectivity index (χ2n) is 7.71. The fourth-order valence-electron chi connectivity index (χ4n) is 2.75. The van der Waals surface area contributed by atoms with Crippen molar-refractivity contribution in [2.45, 2.75) is 24.9 Å². The van der Waals surface area contributed by atoms with Gasteiger partial charge in [0.1, 0.15) is 0 Å². The monoisotopic (exact) mass is 470 g/mol. The third kappa shape index (κ3) is 11.2. The number of hydrogen-bond donors (Lipinski definition) is 4. The average Bonchev–Trinajstić information content (AvgIpc) is 2.76. The number of aliphatic imine (C=N–C) groups is 1. The van der Waals surface area contributed by atoms with Crippen molar-refractivity contribution in [2.75, 3.05) is 20.6 Å². The molecule has 0 saturated heterocycles. The Hall–Kier alpha value is -3.82. The summed E-state index contributed by atoms with van der Waals surface area (Å²) >= 11 is 0. The molecule has 182 valence electrons. The van der Waals surface area contributed by atoms with Crippen LogP contribution in [0.4, 0.5) is 5.69 Å². The Labute approximate surface area is 198 Å². The number of benzene rings is 2. The summed E-state index contributed by atoms with van der Waals surface area (Å²) in [4.78, 5) is 37.2. The number of rotatable bonds is 11. The van der Waals surface area contributed by atoms with Gasteiger partial charge in [-0.1, -0.05) is 54.6 Å². The van der Waals surface area contributed by atoms with Gasteiger partial charge in [0.2, 0.25) is 0 Å². The highest BCUT2D eigenvalue weighted by Crippen LogP contribution is 2.19. The van der Waals surface area contributed by atoms with Gasteiger partial charge in [0.05, 0.1) is 18.5 Å². The summed E-state index contributed by atoms with van der Waals surface area (Å²) in [6.45, 7) is 1.03. The summed E-state index contributed by atoms with van der Waals surface area (Å²) in [5, 5.41) is 33.8. The van der Waals surface area contributed by atoms with Gasteiger partial charge < -0.3 is 25.3 Å². The Morgan fingerprint density at radius 2 is 1.47 bits per heavy atom. The summed E-state index contributed by atoms with van der Waals surface area (Å²) < 4.78 is 0. The topological polar surface area (TPSA) is 148 Å². The predicted molar refractivity (Wildman–Crippen MR) is 129 cm³/mol. The summed E-state index contributed by atoms with van der Waals surface area (Å²) in [5.41, 5.74) is 0.787. The van der Waals surface area contributed by atoms with Gasteiger partial charge in [-0.2, -0.15) is 0 Å². The van der Waals surface area contributed by atoms with E-state index in [1.54, 1.807) is 0 Å². The number of allylic oxidation sites excluding steroid dienone is 1. The minimum atomic E-state index is -2.74. The van der Waals surface area contributed by atoms with Crippen LogP contribution < -0.4 is 0 Å². The molecule has 4 N–H and O–H groups in total. The lowest BCUT2D eigenvalue weighted by Crippen LogP contribution is -2.42. The largest absolute Gasteiger partial charge is 0.481 e. The molecule has 0 aliphatic heterocycles. The molecule has 0 heterocycles. The first-order chi connectivity index (χ1) is 16.0. The molecular weight excluding hydrogens is 440 g/mol. The molecule has 0 saturated carbocycles. The lowest BCUT2D eigenvalue weighted by atomic mass is 9.96. The second kappa shape index (κ2) is 14.4. The minimum absolute atomic E-state index is 1.02. The molecule has 0 unspecified atom stereocenters. The van der Waals surface area contributed by atoms with Gasteiger partial charge in [0.15, 0.2) is 5.60 Å². The van der Waals surface area contributed by atoms with Gasteiger partial charge in [-0.3, -0.25) is 14.6 Å². The van der Waals surface area contributed by atoms with Crippen molar-refractivity contribution in [2.24, 2.45) is 4.99 Å². The maximum atomic E-state index is 10.3. The molecule has 34 heavy (non-hydrogen) atoms. The van der Waals surface area contributed by atoms with E-state index in [0.29, 0.717) is 0 Å². The molecule has 9 heteroatoms. The smallest absolute Gasteiger partial charge is 0.336 e. The van der Waals surface area contributed by atoms with Gasteiger partial charge in [-0.15, -0.1) is 0 Å². The van der Waals surface area contributed by atoms with Crippen LogP contribution in [-0.4, -0.2) is 75.7 Å². The highest BCUT2D eigenvalue weighted by atomic mass is 16.4. The van der Waals surface area contributed by atoms with Crippen molar-refractivity contribution in [3.8, 4) is 0 Å². The molecule has 2 aromatic rings. The Morgan fingerprint density at radius 3 is 2.00 bits per heavy atom. The van der Waals surface area contributed by atoms with Crippen LogP contribution >= 0.6 is 0 Å². The van der Waals surface area contributed by atoms with Gasteiger partial charge in [-0.05, 0) is 43.8 Å². The molecule has 0 spiro atoms. The van der Waals surface area contributed by atoms with Gasteiger partial charge in [0, 0.05) is 12.8 Å². The summed E-state index contributed by atoms with van der Waals surface area (Å²) in [6.07, 6.45) is 4.64. The molecule has 9 nitrogen and oxygen atoms in total. The SMILES string of the molecule is CN(C)CCc1ccccc1N=C/C=C/c1ccccc1.O=C(O)CC(O)(CC(=O)O)C(=O)O. The van der Waals surface area contributed by atoms with Crippen molar-refractivity contribution in [3.05, 3.63) is 71.8 Å². The highest BCUT2D eigenvalue weighted by molar-refractivity contribution is 5.88. The average molecular weight is 471 g/mol. The fourth-order valence-corrected chi connectivity index (χ4v) is 2.75. The molecule has 0 atom stereocenters. The number of aliphatic carboxylic acids is 3. The lowest BCUT2D eigenvalue weighted by Gasteiger charge is -2.18. The number of aliphatic hydroxyl groups is 1. The number of carboxylic acid groups (broad SMARTS) is 3. The van der Waals surface area contributed by atoms with Crippen LogP contribution in [0.15, 0.2) is 65.7 Å². The Balaban J connectivity index is 0.000000385. The van der Waals surface area contributed by atoms with Crippen LogP contribution in [0.1, 0.15) is 24.0 Å². The number of para-hydroxylation sites is 1. The van der Waals surface area contributed by atoms with Gasteiger partial charge in [0.25, 0.3) is 0 Å². The lowest BCUT2D eigenvalue weighted by molar-refractivity contribution is -0.170. The number of hydrogen-bond acceptors (Lipinski definition) is 6. The van der Waals surface area contributed by atoms with E-state index in [9.17, 15) is 14.4 Å². The molecule has 2 aromatic carbocycles. The number of likely N-dealkylation sites (N-methyl/N-ethyl adjacent to an activating group) is 1. The van der Waals surface area contributed by atoms with Gasteiger partial charge in [-0.25, -0.2) is 4.79 Å². The van der Waals surface area contributed by atoms with E-state index in [0.717, 1.165) is 18.7 Å². The second-order valence-corrected chi connectivity index (χ2v) is 7.71. The first-order valence-electron chi connectivity index (χ1n) is 10.4. The fraction of sp³-hybridized carbons (Fsp3) is 0.280. The summed E-state index contributed by atoms with van der Waals surface area (Å²) in [5.74, 6) is -5.02. The van der Waals surface area contributed by atoms with Crippen LogP contribution in [0.25, 0.3) is 6.08 Å². The van der Waals surface area contributed by atoms with Crippen molar-refractivity contribution in [3.63, 3.8) is 0 Å². The van der Waals surface area contributed by atoms with Crippen molar-refractivity contribution < 1.29 is 34.8 Å². The Morgan fingerprint density at radius 1 is 0.912 bits per heavy atom. The molecule has 0 bridgehead atoms. The quantitative estimate of drug-likeness (QED) is 0.366. The Kier molecular flexibility index (Phi) is 11.9. The zero-order valence-electron chi connectivity index (χ0n) is 19.2. The molecule has 0 amide bonds. The van der Waals surface area contributed by atoms with E-state index in [4.69, 9.17) is 20.4 Å². The van der Waals surface area contributed by atoms with Crippen LogP contribution in [0.3, 0.4) is 0 Å². The number of carbonyl (C=O) groups is 3. The third-order valence-corrected chi connectivity index (χ3v) is 4.49. The molecule has 0 aromatic heterocycles. The molecule has 0 fully saturated rings. The van der Waals surface area contributed by atoms with E-state index in [1.165, 1.54) is 11.1 Å². The van der Waals surface area contributed by atoms with E-state index < -0.39 is 36.4 Å². The van der Waals surface area contributed by atoms with E-state index >= 15 is 0 Å². The maximum absolute atomic E-state index is 10.3. The summed E-state index contributed by atoms with van der Waals surface area (Å²) in [7, 11) is 4.18. The minimum Gasteiger partial charge on any atom is -0.481 e. The molecule has 0 aliphatic carbocycles. The molecule has 0 aliphatic rings. The third-order valence-electron chi connectivity index (χ3n) is 4.49. The maximum Gasteiger partial charge on any atom is 0.336 e. The zero-order chi connectivity index (χ0) is 25.6. The first kappa shape index (κ1) is 28.2. The van der Waals surface area contributed by atoms with Crippen LogP contribution in [-0.2, 0) is 20.8 Å². The van der Waals surface area contributed by atoms with Crippen molar-refractivity contribution in [1.29, 1.82) is 0 Å². The van der Waals surface area contributed by atoms with E-state index in [1.807, 2.05) is 36.6 Å². The molecule has 2 rings (SSSR count). The van der Waals surface area contributed by atoms with Gasteiger partial charge >= 0.3 is 17.9 Å². The zero-order valence-corrected chi connectivity index (χ0v) is 19.2. The van der Waals surface area contributed by atoms with Crippen LogP contribution in [0, 0.1) is 0 Å². The first-order valence-corrected chi connectivity index (χ1v) is 10.4. The molecular formula is C25H30N2O7. The normalized spacial score (nSPS) is 11.4. The van der Waals surface area contributed by atoms with Crippen molar-refractivity contribution >= 4 is 35.9 Å². The van der Waals surface area contributed by atoms with Crippen LogP contribution in [0.2, 0.25) is 0 Å². The van der Waals surface area contributed by atoms with Crippen LogP contribution in [0.5, 0.6) is 0 Å². The van der Waals surface area contributed by atoms with Crippen molar-refractivity contribution in [1.82, 2.24) is 4.90 Å². The predicted octanol–water partition coefficient (Wildman–Crippen LogP) is 2.96. The van der Waals surface area contributed by atoms with E-state index in [2.05, 4.69) is 60.4 Å². The standard InChI is InChI=1S/C19H22N2.C6H8O7/c1-21(2)16-14-18-12-6-7-13-19(18)20-15-8-11-17-9-4-3-5-10-17;7-3(8)1-6(13,5(11)12)2-4(9)10/h3-13,15H,14,16H2,1-2H3;13H,1-2H2,(H,7,8)(H,9,10)(H,11,12)/b11-8+,20-15?;. The summed E-state index contributed by atoms with van der Waals surface area (Å²) in [6, 6.07) is 18.6. The highest BCUT2D eigenvalue weighted by Gasteiger charge is 2.40. The number of nitrogens with zero attached hydrogens (tertiary/aromatic N) is 2.